The van der Waals surface area contributed by atoms with Gasteiger partial charge in [-0.25, -0.2) is 0 Å². The number of likely N-dealkylation sites (N-methyl/N-ethyl adjacent to an activating group) is 1. The molecule has 0 bridgehead atoms. The lowest BCUT2D eigenvalue weighted by Gasteiger charge is -2.39. The van der Waals surface area contributed by atoms with Crippen LogP contribution in [0.4, 0.5) is 0 Å². The van der Waals surface area contributed by atoms with Gasteiger partial charge in [0.1, 0.15) is 0 Å². The van der Waals surface area contributed by atoms with E-state index < -0.39 is 5.41 Å². The lowest BCUT2D eigenvalue weighted by molar-refractivity contribution is -0.140. The van der Waals surface area contributed by atoms with Gasteiger partial charge in [-0.05, 0) is 51.3 Å². The molecule has 25 heavy (non-hydrogen) atoms. The van der Waals surface area contributed by atoms with E-state index in [1.807, 2.05) is 11.9 Å². The molecule has 1 aromatic carbocycles. The van der Waals surface area contributed by atoms with Crippen LogP contribution in [0, 0.1) is 6.92 Å². The minimum absolute atomic E-state index is 0.261. The fraction of sp³-hybridized carbons (Fsp3) is 0.667. The van der Waals surface area contributed by atoms with E-state index >= 15 is 0 Å². The van der Waals surface area contributed by atoms with Gasteiger partial charge in [-0.1, -0.05) is 36.2 Å². The third-order valence-corrected chi connectivity index (χ3v) is 5.91. The molecule has 2 fully saturated rings. The molecule has 4 nitrogen and oxygen atoms in total. The van der Waals surface area contributed by atoms with E-state index in [0.29, 0.717) is 13.2 Å². The van der Waals surface area contributed by atoms with Crippen molar-refractivity contribution in [2.75, 3.05) is 46.4 Å². The Kier molecular flexibility index (Phi) is 6.13. The first-order valence-electron chi connectivity index (χ1n) is 9.75. The van der Waals surface area contributed by atoms with Gasteiger partial charge in [-0.2, -0.15) is 0 Å². The summed E-state index contributed by atoms with van der Waals surface area (Å²) in [7, 11) is 1.97. The van der Waals surface area contributed by atoms with E-state index in [1.165, 1.54) is 37.9 Å². The smallest absolute Gasteiger partial charge is 0.233 e. The number of carbonyl (C=O) groups is 1. The highest BCUT2D eigenvalue weighted by atomic mass is 16.5. The Hall–Kier alpha value is -1.39. The van der Waals surface area contributed by atoms with E-state index in [4.69, 9.17) is 4.74 Å². The van der Waals surface area contributed by atoms with Crippen molar-refractivity contribution in [2.45, 2.75) is 44.4 Å². The highest BCUT2D eigenvalue weighted by Crippen LogP contribution is 2.36. The second kappa shape index (κ2) is 8.33. The fourth-order valence-electron chi connectivity index (χ4n) is 4.16. The summed E-state index contributed by atoms with van der Waals surface area (Å²) in [6, 6.07) is 8.51. The van der Waals surface area contributed by atoms with Crippen LogP contribution in [0.15, 0.2) is 24.3 Å². The van der Waals surface area contributed by atoms with Crippen molar-refractivity contribution in [3.63, 3.8) is 0 Å². The standard InChI is InChI=1S/C21H32N2O2/c1-18-6-8-19(9-7-18)21(10-16-25-17-11-21)20(24)22(2)14-15-23-12-4-3-5-13-23/h6-9H,3-5,10-17H2,1-2H3. The SMILES string of the molecule is Cc1ccc(C2(C(=O)N(C)CCN3CCCCC3)CCOCC2)cc1. The average Bonchev–Trinajstić information content (AvgIpc) is 2.67. The first kappa shape index (κ1) is 18.4. The molecule has 138 valence electrons. The molecule has 2 heterocycles. The number of likely N-dealkylation sites (tertiary alicyclic amines) is 1. The zero-order valence-electron chi connectivity index (χ0n) is 15.8. The van der Waals surface area contributed by atoms with Crippen molar-refractivity contribution in [1.82, 2.24) is 9.80 Å². The van der Waals surface area contributed by atoms with Crippen LogP contribution in [-0.4, -0.2) is 62.1 Å². The number of hydrogen-bond acceptors (Lipinski definition) is 3. The summed E-state index contributed by atoms with van der Waals surface area (Å²) in [6.45, 7) is 7.58. The van der Waals surface area contributed by atoms with Gasteiger partial charge in [0.2, 0.25) is 5.91 Å². The number of carbonyl (C=O) groups excluding carboxylic acids is 1. The third-order valence-electron chi connectivity index (χ3n) is 5.91. The second-order valence-electron chi connectivity index (χ2n) is 7.69. The van der Waals surface area contributed by atoms with Crippen LogP contribution in [0.3, 0.4) is 0 Å². The van der Waals surface area contributed by atoms with Crippen molar-refractivity contribution in [3.8, 4) is 0 Å². The molecule has 1 aromatic rings. The number of piperidine rings is 1. The Bertz CT molecular complexity index is 558. The molecule has 0 radical (unpaired) electrons. The lowest BCUT2D eigenvalue weighted by Crippen LogP contribution is -2.50. The van der Waals surface area contributed by atoms with Gasteiger partial charge in [-0.3, -0.25) is 4.79 Å². The van der Waals surface area contributed by atoms with Crippen LogP contribution in [0.25, 0.3) is 0 Å². The molecule has 0 spiro atoms. The number of aryl methyl sites for hydroxylation is 1. The van der Waals surface area contributed by atoms with Gasteiger partial charge < -0.3 is 14.5 Å². The summed E-state index contributed by atoms with van der Waals surface area (Å²) in [4.78, 5) is 17.9. The Balaban J connectivity index is 1.71. The predicted octanol–water partition coefficient (Wildman–Crippen LogP) is 2.99. The largest absolute Gasteiger partial charge is 0.381 e. The summed E-state index contributed by atoms with van der Waals surface area (Å²) in [5.41, 5.74) is 1.97. The van der Waals surface area contributed by atoms with E-state index in [1.54, 1.807) is 0 Å². The average molecular weight is 344 g/mol. The zero-order chi connectivity index (χ0) is 17.7. The molecule has 2 saturated heterocycles. The quantitative estimate of drug-likeness (QED) is 0.823. The van der Waals surface area contributed by atoms with Crippen LogP contribution in [0.1, 0.15) is 43.2 Å². The molecule has 0 unspecified atom stereocenters. The second-order valence-corrected chi connectivity index (χ2v) is 7.69. The van der Waals surface area contributed by atoms with Crippen molar-refractivity contribution in [2.24, 2.45) is 0 Å². The van der Waals surface area contributed by atoms with Gasteiger partial charge in [0.15, 0.2) is 0 Å². The van der Waals surface area contributed by atoms with Crippen LogP contribution < -0.4 is 0 Å². The van der Waals surface area contributed by atoms with E-state index in [2.05, 4.69) is 36.1 Å². The molecule has 0 atom stereocenters. The monoisotopic (exact) mass is 344 g/mol. The first-order valence-corrected chi connectivity index (χ1v) is 9.75. The number of amides is 1. The Morgan fingerprint density at radius 2 is 1.76 bits per heavy atom. The van der Waals surface area contributed by atoms with Crippen molar-refractivity contribution in [1.29, 1.82) is 0 Å². The van der Waals surface area contributed by atoms with E-state index in [9.17, 15) is 4.79 Å². The fourth-order valence-corrected chi connectivity index (χ4v) is 4.16. The summed E-state index contributed by atoms with van der Waals surface area (Å²) in [6.07, 6.45) is 5.50. The minimum atomic E-state index is -0.414. The highest BCUT2D eigenvalue weighted by Gasteiger charge is 2.43. The summed E-state index contributed by atoms with van der Waals surface area (Å²) in [5.74, 6) is 0.261. The number of benzene rings is 1. The van der Waals surface area contributed by atoms with Crippen molar-refractivity contribution >= 4 is 5.91 Å². The summed E-state index contributed by atoms with van der Waals surface area (Å²) in [5, 5.41) is 0. The van der Waals surface area contributed by atoms with E-state index in [0.717, 1.165) is 31.5 Å². The first-order chi connectivity index (χ1) is 12.1. The highest BCUT2D eigenvalue weighted by molar-refractivity contribution is 5.88. The van der Waals surface area contributed by atoms with E-state index in [-0.39, 0.29) is 5.91 Å². The number of rotatable bonds is 5. The Morgan fingerprint density at radius 1 is 1.12 bits per heavy atom. The maximum absolute atomic E-state index is 13.4. The van der Waals surface area contributed by atoms with Crippen LogP contribution >= 0.6 is 0 Å². The lowest BCUT2D eigenvalue weighted by atomic mass is 9.73. The van der Waals surface area contributed by atoms with Gasteiger partial charge >= 0.3 is 0 Å². The van der Waals surface area contributed by atoms with Crippen LogP contribution in [0.5, 0.6) is 0 Å². The summed E-state index contributed by atoms with van der Waals surface area (Å²) < 4.78 is 5.58. The van der Waals surface area contributed by atoms with Crippen molar-refractivity contribution in [3.05, 3.63) is 35.4 Å². The molecule has 0 aromatic heterocycles. The molecule has 0 saturated carbocycles. The number of ether oxygens (including phenoxy) is 1. The Morgan fingerprint density at radius 3 is 2.40 bits per heavy atom. The van der Waals surface area contributed by atoms with Crippen LogP contribution in [0.2, 0.25) is 0 Å². The molecule has 0 aliphatic carbocycles. The van der Waals surface area contributed by atoms with Gasteiger partial charge in [0.25, 0.3) is 0 Å². The third kappa shape index (κ3) is 4.24. The molecular weight excluding hydrogens is 312 g/mol. The number of hydrogen-bond donors (Lipinski definition) is 0. The molecule has 4 heteroatoms. The molecule has 3 rings (SSSR count). The zero-order valence-corrected chi connectivity index (χ0v) is 15.8. The maximum Gasteiger partial charge on any atom is 0.233 e. The van der Waals surface area contributed by atoms with Crippen LogP contribution in [-0.2, 0) is 14.9 Å². The maximum atomic E-state index is 13.4. The predicted molar refractivity (Wildman–Crippen MR) is 101 cm³/mol. The van der Waals surface area contributed by atoms with Gasteiger partial charge in [0.05, 0.1) is 5.41 Å². The summed E-state index contributed by atoms with van der Waals surface area (Å²) >= 11 is 0. The van der Waals surface area contributed by atoms with Crippen molar-refractivity contribution < 1.29 is 9.53 Å². The Labute approximate surface area is 152 Å². The van der Waals surface area contributed by atoms with Gasteiger partial charge in [-0.15, -0.1) is 0 Å². The van der Waals surface area contributed by atoms with Gasteiger partial charge in [0, 0.05) is 33.4 Å². The molecule has 1 amide bonds. The molecular formula is C21H32N2O2. The molecule has 2 aliphatic rings. The normalized spacial score (nSPS) is 21.0. The molecule has 2 aliphatic heterocycles. The number of nitrogens with zero attached hydrogens (tertiary/aromatic N) is 2. The molecule has 0 N–H and O–H groups in total. The minimum Gasteiger partial charge on any atom is -0.381 e. The topological polar surface area (TPSA) is 32.8 Å².